The molecule has 0 spiro atoms. The number of amides is 3. The Morgan fingerprint density at radius 3 is 2.28 bits per heavy atom. The number of likely N-dealkylation sites (N-methyl/N-ethyl adjacent to an activating group) is 1. The van der Waals surface area contributed by atoms with Gasteiger partial charge in [0.2, 0.25) is 9.63 Å². The van der Waals surface area contributed by atoms with Gasteiger partial charge in [-0.15, -0.1) is 0 Å². The fourth-order valence-corrected chi connectivity index (χ4v) is 2.86. The van der Waals surface area contributed by atoms with Gasteiger partial charge >= 0.3 is 6.03 Å². The zero-order valence-electron chi connectivity index (χ0n) is 14.7. The van der Waals surface area contributed by atoms with Gasteiger partial charge in [0.05, 0.1) is 5.69 Å². The maximum atomic E-state index is 13.5. The molecule has 1 saturated heterocycles. The van der Waals surface area contributed by atoms with Crippen LogP contribution in [0.4, 0.5) is 25.0 Å². The van der Waals surface area contributed by atoms with Gasteiger partial charge in [-0.1, -0.05) is 53.0 Å². The van der Waals surface area contributed by atoms with E-state index in [4.69, 9.17) is 34.8 Å². The van der Waals surface area contributed by atoms with E-state index in [-0.39, 0.29) is 11.5 Å². The van der Waals surface area contributed by atoms with Gasteiger partial charge in [-0.05, 0) is 24.3 Å². The number of hydrogen-bond donors (Lipinski definition) is 1. The quantitative estimate of drug-likeness (QED) is 0.536. The number of nitrogens with one attached hydrogen (secondary N) is 1. The van der Waals surface area contributed by atoms with Crippen molar-refractivity contribution < 1.29 is 18.4 Å². The summed E-state index contributed by atoms with van der Waals surface area (Å²) in [7, 11) is 1.29. The first kappa shape index (κ1) is 21.3. The van der Waals surface area contributed by atoms with Gasteiger partial charge in [0.25, 0.3) is 5.91 Å². The van der Waals surface area contributed by atoms with Crippen LogP contribution < -0.4 is 10.2 Å². The van der Waals surface area contributed by atoms with Crippen molar-refractivity contribution >= 4 is 64.0 Å². The summed E-state index contributed by atoms with van der Waals surface area (Å²) in [5.74, 6) is -3.19. The van der Waals surface area contributed by atoms with Gasteiger partial charge in [-0.25, -0.2) is 23.5 Å². The van der Waals surface area contributed by atoms with Crippen molar-refractivity contribution in [3.63, 3.8) is 0 Å². The molecular formula is C18H13Cl3F2N4O2. The smallest absolute Gasteiger partial charge is 0.337 e. The summed E-state index contributed by atoms with van der Waals surface area (Å²) in [6.45, 7) is 0. The molecule has 1 fully saturated rings. The molecular weight excluding hydrogens is 449 g/mol. The number of imide groups is 1. The molecule has 1 aliphatic heterocycles. The van der Waals surface area contributed by atoms with Crippen molar-refractivity contribution in [1.29, 1.82) is 0 Å². The van der Waals surface area contributed by atoms with E-state index < -0.39 is 33.5 Å². The first-order valence-corrected chi connectivity index (χ1v) is 9.26. The van der Waals surface area contributed by atoms with Crippen LogP contribution in [0.3, 0.4) is 0 Å². The predicted octanol–water partition coefficient (Wildman–Crippen LogP) is 4.57. The molecule has 3 amide bonds. The van der Waals surface area contributed by atoms with Gasteiger partial charge < -0.3 is 5.32 Å². The van der Waals surface area contributed by atoms with Crippen molar-refractivity contribution in [2.45, 2.75) is 9.96 Å². The first-order valence-electron chi connectivity index (χ1n) is 8.13. The highest BCUT2D eigenvalue weighted by Gasteiger charge is 2.43. The molecule has 0 aromatic heterocycles. The lowest BCUT2D eigenvalue weighted by Gasteiger charge is -2.24. The van der Waals surface area contributed by atoms with Crippen LogP contribution in [-0.2, 0) is 4.79 Å². The molecule has 1 unspecified atom stereocenters. The Kier molecular flexibility index (Phi) is 5.97. The molecule has 11 heteroatoms. The van der Waals surface area contributed by atoms with Crippen LogP contribution in [0.2, 0.25) is 0 Å². The fourth-order valence-electron chi connectivity index (χ4n) is 2.55. The number of hydrogen-bond acceptors (Lipinski definition) is 4. The lowest BCUT2D eigenvalue weighted by molar-refractivity contribution is -0.119. The van der Waals surface area contributed by atoms with Crippen molar-refractivity contribution in [1.82, 2.24) is 4.90 Å². The third-order valence-corrected chi connectivity index (χ3v) is 4.60. The summed E-state index contributed by atoms with van der Waals surface area (Å²) in [5.41, 5.74) is 0.436. The summed E-state index contributed by atoms with van der Waals surface area (Å²) >= 11 is 17.9. The maximum Gasteiger partial charge on any atom is 0.337 e. The summed E-state index contributed by atoms with van der Waals surface area (Å²) in [6.07, 6.45) is -1.40. The monoisotopic (exact) mass is 460 g/mol. The average molecular weight is 462 g/mol. The van der Waals surface area contributed by atoms with E-state index in [0.717, 1.165) is 21.9 Å². The van der Waals surface area contributed by atoms with Crippen LogP contribution in [0.25, 0.3) is 0 Å². The SMILES string of the molecule is CN1C(=O)C(=NC(Nc2ccc(F)c(F)c2)C(Cl)(Cl)Cl)N(c2ccccc2)C1=O. The van der Waals surface area contributed by atoms with E-state index in [1.54, 1.807) is 30.3 Å². The van der Waals surface area contributed by atoms with Crippen LogP contribution in [0.1, 0.15) is 0 Å². The predicted molar refractivity (Wildman–Crippen MR) is 109 cm³/mol. The Hall–Kier alpha value is -2.42. The molecule has 152 valence electrons. The highest BCUT2D eigenvalue weighted by Crippen LogP contribution is 2.34. The normalized spacial score (nSPS) is 17.2. The third-order valence-electron chi connectivity index (χ3n) is 3.98. The number of amidine groups is 1. The van der Waals surface area contributed by atoms with Crippen molar-refractivity contribution in [2.75, 3.05) is 17.3 Å². The molecule has 1 atom stereocenters. The summed E-state index contributed by atoms with van der Waals surface area (Å²) < 4.78 is 24.6. The lowest BCUT2D eigenvalue weighted by atomic mass is 10.3. The van der Waals surface area contributed by atoms with Crippen molar-refractivity contribution in [3.05, 3.63) is 60.2 Å². The van der Waals surface area contributed by atoms with Gasteiger partial charge in [0, 0.05) is 18.8 Å². The van der Waals surface area contributed by atoms with Gasteiger partial charge in [0.15, 0.2) is 17.8 Å². The van der Waals surface area contributed by atoms with Crippen LogP contribution >= 0.6 is 34.8 Å². The van der Waals surface area contributed by atoms with E-state index in [9.17, 15) is 18.4 Å². The number of aliphatic imine (C=N–C) groups is 1. The topological polar surface area (TPSA) is 65.0 Å². The Labute approximate surface area is 179 Å². The van der Waals surface area contributed by atoms with Crippen molar-refractivity contribution in [3.8, 4) is 0 Å². The number of anilines is 2. The average Bonchev–Trinajstić information content (AvgIpc) is 2.88. The van der Waals surface area contributed by atoms with Gasteiger partial charge in [-0.2, -0.15) is 0 Å². The number of benzene rings is 2. The number of rotatable bonds is 4. The number of nitrogens with zero attached hydrogens (tertiary/aromatic N) is 3. The maximum absolute atomic E-state index is 13.5. The summed E-state index contributed by atoms with van der Waals surface area (Å²) in [6, 6.07) is 10.6. The Bertz CT molecular complexity index is 983. The highest BCUT2D eigenvalue weighted by atomic mass is 35.6. The second-order valence-corrected chi connectivity index (χ2v) is 8.36. The summed E-state index contributed by atoms with van der Waals surface area (Å²) in [4.78, 5) is 31.2. The number of carbonyl (C=O) groups is 2. The molecule has 1 N–H and O–H groups in total. The first-order chi connectivity index (χ1) is 13.6. The Morgan fingerprint density at radius 1 is 1.03 bits per heavy atom. The second-order valence-electron chi connectivity index (χ2n) is 5.99. The lowest BCUT2D eigenvalue weighted by Crippen LogP contribution is -2.38. The molecule has 0 bridgehead atoms. The zero-order valence-corrected chi connectivity index (χ0v) is 17.0. The number of urea groups is 1. The van der Waals surface area contributed by atoms with Crippen LogP contribution in [0.15, 0.2) is 53.5 Å². The minimum atomic E-state index is -2.09. The largest absolute Gasteiger partial charge is 0.360 e. The molecule has 1 heterocycles. The highest BCUT2D eigenvalue weighted by molar-refractivity contribution is 6.68. The second kappa shape index (κ2) is 8.14. The molecule has 0 radical (unpaired) electrons. The van der Waals surface area contributed by atoms with Gasteiger partial charge in [0.1, 0.15) is 0 Å². The van der Waals surface area contributed by atoms with E-state index in [1.165, 1.54) is 13.1 Å². The van der Waals surface area contributed by atoms with E-state index in [2.05, 4.69) is 10.3 Å². The van der Waals surface area contributed by atoms with E-state index in [0.29, 0.717) is 5.69 Å². The van der Waals surface area contributed by atoms with Crippen LogP contribution in [0.5, 0.6) is 0 Å². The molecule has 0 saturated carbocycles. The summed E-state index contributed by atoms with van der Waals surface area (Å²) in [5, 5.41) is 2.64. The van der Waals surface area contributed by atoms with Crippen LogP contribution in [0, 0.1) is 11.6 Å². The minimum Gasteiger partial charge on any atom is -0.360 e. The molecule has 2 aromatic carbocycles. The van der Waals surface area contributed by atoms with E-state index in [1.807, 2.05) is 0 Å². The standard InChI is InChI=1S/C18H13Cl3F2N4O2/c1-26-15(28)14(27(17(26)29)11-5-3-2-4-6-11)25-16(18(19,20)21)24-10-7-8-12(22)13(23)9-10/h2-9,16,24H,1H3. The van der Waals surface area contributed by atoms with Crippen molar-refractivity contribution in [2.24, 2.45) is 4.99 Å². The minimum absolute atomic E-state index is 0.0564. The fraction of sp³-hybridized carbons (Fsp3) is 0.167. The molecule has 3 rings (SSSR count). The molecule has 29 heavy (non-hydrogen) atoms. The molecule has 6 nitrogen and oxygen atoms in total. The van der Waals surface area contributed by atoms with Crippen LogP contribution in [-0.4, -0.2) is 39.7 Å². The number of halogens is 5. The van der Waals surface area contributed by atoms with Gasteiger partial charge in [-0.3, -0.25) is 9.69 Å². The molecule has 2 aromatic rings. The zero-order chi connectivity index (χ0) is 21.3. The Morgan fingerprint density at radius 2 is 1.69 bits per heavy atom. The number of alkyl halides is 3. The number of para-hydroxylation sites is 1. The Balaban J connectivity index is 2.03. The number of carbonyl (C=O) groups excluding carboxylic acids is 2. The molecule has 1 aliphatic rings. The van der Waals surface area contributed by atoms with E-state index >= 15 is 0 Å². The molecule has 0 aliphatic carbocycles. The third kappa shape index (κ3) is 4.44.